The van der Waals surface area contributed by atoms with Crippen molar-refractivity contribution in [3.63, 3.8) is 0 Å². The highest BCUT2D eigenvalue weighted by Crippen LogP contribution is 2.36. The maximum atomic E-state index is 11.3. The summed E-state index contributed by atoms with van der Waals surface area (Å²) in [4.78, 5) is 21.9. The molecule has 1 aliphatic rings. The summed E-state index contributed by atoms with van der Waals surface area (Å²) in [5, 5.41) is 12.0. The molecular weight excluding hydrogens is 194 g/mol. The molecule has 2 N–H and O–H groups in total. The fraction of sp³-hybridized carbons (Fsp3) is 0.818. The van der Waals surface area contributed by atoms with Gasteiger partial charge >= 0.3 is 0 Å². The van der Waals surface area contributed by atoms with Crippen LogP contribution in [0.1, 0.15) is 39.0 Å². The van der Waals surface area contributed by atoms with Gasteiger partial charge in [0, 0.05) is 12.0 Å². The molecule has 0 aromatic heterocycles. The highest BCUT2D eigenvalue weighted by atomic mass is 16.3. The van der Waals surface area contributed by atoms with Crippen molar-refractivity contribution in [2.45, 2.75) is 39.0 Å². The number of amides is 1. The van der Waals surface area contributed by atoms with Gasteiger partial charge in [0.05, 0.1) is 13.0 Å². The van der Waals surface area contributed by atoms with Crippen molar-refractivity contribution in [3.05, 3.63) is 0 Å². The van der Waals surface area contributed by atoms with Crippen LogP contribution in [-0.4, -0.2) is 29.9 Å². The number of Topliss-reactive ketones (excluding diaryl/α,β-unsaturated/α-hetero) is 1. The van der Waals surface area contributed by atoms with Gasteiger partial charge < -0.3 is 10.4 Å². The SMILES string of the molecule is CC(=O)CC(=O)NCC1(CO)CCCC1. The quantitative estimate of drug-likeness (QED) is 0.658. The fourth-order valence-corrected chi connectivity index (χ4v) is 2.09. The summed E-state index contributed by atoms with van der Waals surface area (Å²) >= 11 is 0. The molecule has 0 spiro atoms. The van der Waals surface area contributed by atoms with Gasteiger partial charge in [0.2, 0.25) is 5.91 Å². The van der Waals surface area contributed by atoms with E-state index in [1.165, 1.54) is 6.92 Å². The molecule has 4 nitrogen and oxygen atoms in total. The van der Waals surface area contributed by atoms with Gasteiger partial charge in [-0.3, -0.25) is 9.59 Å². The summed E-state index contributed by atoms with van der Waals surface area (Å²) in [7, 11) is 0. The fourth-order valence-electron chi connectivity index (χ4n) is 2.09. The van der Waals surface area contributed by atoms with E-state index in [9.17, 15) is 14.7 Å². The molecule has 0 aromatic carbocycles. The smallest absolute Gasteiger partial charge is 0.227 e. The van der Waals surface area contributed by atoms with Crippen LogP contribution in [0, 0.1) is 5.41 Å². The number of hydrogen-bond acceptors (Lipinski definition) is 3. The molecule has 0 aliphatic heterocycles. The Bertz CT molecular complexity index is 244. The summed E-state index contributed by atoms with van der Waals surface area (Å²) in [5.41, 5.74) is -0.132. The molecule has 1 aliphatic carbocycles. The Balaban J connectivity index is 2.34. The van der Waals surface area contributed by atoms with E-state index in [4.69, 9.17) is 0 Å². The zero-order valence-corrected chi connectivity index (χ0v) is 9.21. The average molecular weight is 213 g/mol. The summed E-state index contributed by atoms with van der Waals surface area (Å²) in [6, 6.07) is 0. The summed E-state index contributed by atoms with van der Waals surface area (Å²) in [6.07, 6.45) is 4.10. The van der Waals surface area contributed by atoms with Gasteiger partial charge in [0.15, 0.2) is 0 Å². The molecule has 4 heteroatoms. The minimum Gasteiger partial charge on any atom is -0.396 e. The lowest BCUT2D eigenvalue weighted by Gasteiger charge is -2.26. The Morgan fingerprint density at radius 3 is 2.40 bits per heavy atom. The first kappa shape index (κ1) is 12.2. The molecule has 0 heterocycles. The molecule has 0 bridgehead atoms. The second kappa shape index (κ2) is 5.26. The van der Waals surface area contributed by atoms with Gasteiger partial charge in [-0.25, -0.2) is 0 Å². The zero-order chi connectivity index (χ0) is 11.3. The number of aliphatic hydroxyl groups is 1. The Kier molecular flexibility index (Phi) is 4.27. The molecule has 0 saturated heterocycles. The largest absolute Gasteiger partial charge is 0.396 e. The molecule has 1 fully saturated rings. The number of rotatable bonds is 5. The second-order valence-electron chi connectivity index (χ2n) is 4.52. The van der Waals surface area contributed by atoms with Crippen molar-refractivity contribution in [2.24, 2.45) is 5.41 Å². The summed E-state index contributed by atoms with van der Waals surface area (Å²) in [6.45, 7) is 2.01. The highest BCUT2D eigenvalue weighted by molar-refractivity contribution is 5.96. The molecule has 0 radical (unpaired) electrons. The van der Waals surface area contributed by atoms with Crippen LogP contribution in [0.3, 0.4) is 0 Å². The number of carbonyl (C=O) groups is 2. The van der Waals surface area contributed by atoms with E-state index in [2.05, 4.69) is 5.32 Å². The number of nitrogens with one attached hydrogen (secondary N) is 1. The lowest BCUT2D eigenvalue weighted by Crippen LogP contribution is -2.38. The van der Waals surface area contributed by atoms with Crippen LogP contribution in [0.15, 0.2) is 0 Å². The Morgan fingerprint density at radius 1 is 1.33 bits per heavy atom. The average Bonchev–Trinajstić information content (AvgIpc) is 2.63. The molecule has 86 valence electrons. The van der Waals surface area contributed by atoms with E-state index in [0.717, 1.165) is 25.7 Å². The second-order valence-corrected chi connectivity index (χ2v) is 4.52. The van der Waals surface area contributed by atoms with E-state index < -0.39 is 0 Å². The molecule has 0 unspecified atom stereocenters. The predicted molar refractivity (Wildman–Crippen MR) is 56.3 cm³/mol. The van der Waals surface area contributed by atoms with E-state index in [1.807, 2.05) is 0 Å². The van der Waals surface area contributed by atoms with Crippen LogP contribution in [-0.2, 0) is 9.59 Å². The number of hydrogen-bond donors (Lipinski definition) is 2. The molecule has 0 aromatic rings. The van der Waals surface area contributed by atoms with Crippen molar-refractivity contribution in [1.29, 1.82) is 0 Å². The van der Waals surface area contributed by atoms with Crippen molar-refractivity contribution >= 4 is 11.7 Å². The first-order valence-electron chi connectivity index (χ1n) is 5.45. The third-order valence-electron chi connectivity index (χ3n) is 3.07. The van der Waals surface area contributed by atoms with Gasteiger partial charge in [0.25, 0.3) is 0 Å². The number of carbonyl (C=O) groups excluding carboxylic acids is 2. The van der Waals surface area contributed by atoms with E-state index in [1.54, 1.807) is 0 Å². The van der Waals surface area contributed by atoms with Crippen molar-refractivity contribution in [3.8, 4) is 0 Å². The summed E-state index contributed by atoms with van der Waals surface area (Å²) in [5.74, 6) is -0.362. The third-order valence-corrected chi connectivity index (χ3v) is 3.07. The van der Waals surface area contributed by atoms with Gasteiger partial charge in [-0.15, -0.1) is 0 Å². The standard InChI is InChI=1S/C11H19NO3/c1-9(14)6-10(15)12-7-11(8-13)4-2-3-5-11/h13H,2-8H2,1H3,(H,12,15). The zero-order valence-electron chi connectivity index (χ0n) is 9.21. The maximum Gasteiger partial charge on any atom is 0.227 e. The molecule has 1 rings (SSSR count). The topological polar surface area (TPSA) is 66.4 Å². The van der Waals surface area contributed by atoms with Crippen molar-refractivity contribution in [1.82, 2.24) is 5.32 Å². The minimum absolute atomic E-state index is 0.0541. The van der Waals surface area contributed by atoms with E-state index in [0.29, 0.717) is 6.54 Å². The first-order chi connectivity index (χ1) is 7.08. The lowest BCUT2D eigenvalue weighted by atomic mass is 9.87. The third kappa shape index (κ3) is 3.63. The Hall–Kier alpha value is -0.900. The van der Waals surface area contributed by atoms with E-state index >= 15 is 0 Å². The van der Waals surface area contributed by atoms with Crippen LogP contribution in [0.25, 0.3) is 0 Å². The molecule has 1 amide bonds. The minimum atomic E-state index is -0.234. The highest BCUT2D eigenvalue weighted by Gasteiger charge is 2.33. The van der Waals surface area contributed by atoms with E-state index in [-0.39, 0.29) is 30.1 Å². The molecule has 0 atom stereocenters. The maximum absolute atomic E-state index is 11.3. The Morgan fingerprint density at radius 2 is 1.93 bits per heavy atom. The first-order valence-corrected chi connectivity index (χ1v) is 5.45. The molecule has 15 heavy (non-hydrogen) atoms. The number of ketones is 1. The molecule has 1 saturated carbocycles. The van der Waals surface area contributed by atoms with Crippen LogP contribution >= 0.6 is 0 Å². The van der Waals surface area contributed by atoms with Gasteiger partial charge in [-0.1, -0.05) is 12.8 Å². The predicted octanol–water partition coefficient (Wildman–Crippen LogP) is 0.634. The normalized spacial score (nSPS) is 18.8. The van der Waals surface area contributed by atoms with Crippen LogP contribution in [0.2, 0.25) is 0 Å². The Labute approximate surface area is 90.0 Å². The van der Waals surface area contributed by atoms with Crippen LogP contribution < -0.4 is 5.32 Å². The van der Waals surface area contributed by atoms with Gasteiger partial charge in [0.1, 0.15) is 5.78 Å². The van der Waals surface area contributed by atoms with Crippen LogP contribution in [0.4, 0.5) is 0 Å². The monoisotopic (exact) mass is 213 g/mol. The van der Waals surface area contributed by atoms with Crippen molar-refractivity contribution in [2.75, 3.05) is 13.2 Å². The summed E-state index contributed by atoms with van der Waals surface area (Å²) < 4.78 is 0. The lowest BCUT2D eigenvalue weighted by molar-refractivity contribution is -0.127. The molecular formula is C11H19NO3. The number of aliphatic hydroxyl groups excluding tert-OH is 1. The van der Waals surface area contributed by atoms with Gasteiger partial charge in [-0.05, 0) is 19.8 Å². The van der Waals surface area contributed by atoms with Crippen LogP contribution in [0.5, 0.6) is 0 Å². The van der Waals surface area contributed by atoms with Gasteiger partial charge in [-0.2, -0.15) is 0 Å². The van der Waals surface area contributed by atoms with Crippen molar-refractivity contribution < 1.29 is 14.7 Å².